The van der Waals surface area contributed by atoms with Gasteiger partial charge < -0.3 is 16.0 Å². The van der Waals surface area contributed by atoms with Crippen LogP contribution in [0.3, 0.4) is 0 Å². The van der Waals surface area contributed by atoms with Crippen molar-refractivity contribution >= 4 is 29.0 Å². The van der Waals surface area contributed by atoms with E-state index < -0.39 is 16.9 Å². The van der Waals surface area contributed by atoms with Gasteiger partial charge in [0.25, 0.3) is 11.6 Å². The number of rotatable bonds is 4. The lowest BCUT2D eigenvalue weighted by molar-refractivity contribution is -0.385. The maximum absolute atomic E-state index is 12.2. The van der Waals surface area contributed by atoms with Gasteiger partial charge in [0.2, 0.25) is 0 Å². The van der Waals surface area contributed by atoms with Gasteiger partial charge in [-0.1, -0.05) is 18.2 Å². The average molecular weight is 314 g/mol. The topological polar surface area (TPSA) is 113 Å². The van der Waals surface area contributed by atoms with E-state index in [2.05, 4.69) is 16.0 Å². The van der Waals surface area contributed by atoms with Gasteiger partial charge in [-0.05, 0) is 24.3 Å². The SMILES string of the molecule is CNC(=O)Nc1cccc(NC(=O)c2ccccc2[N+](=O)[O-])c1. The van der Waals surface area contributed by atoms with Gasteiger partial charge in [0.15, 0.2) is 0 Å². The Hall–Kier alpha value is -3.42. The minimum Gasteiger partial charge on any atom is -0.341 e. The highest BCUT2D eigenvalue weighted by atomic mass is 16.6. The van der Waals surface area contributed by atoms with Gasteiger partial charge in [0.1, 0.15) is 5.56 Å². The normalized spacial score (nSPS) is 9.78. The Morgan fingerprint density at radius 1 is 1.00 bits per heavy atom. The molecule has 8 heteroatoms. The molecule has 2 aromatic carbocycles. The summed E-state index contributed by atoms with van der Waals surface area (Å²) in [6, 6.07) is 11.7. The number of nitrogens with zero attached hydrogens (tertiary/aromatic N) is 1. The molecular formula is C15H14N4O4. The lowest BCUT2D eigenvalue weighted by Crippen LogP contribution is -2.24. The molecule has 0 heterocycles. The minimum absolute atomic E-state index is 0.0397. The molecule has 2 rings (SSSR count). The highest BCUT2D eigenvalue weighted by molar-refractivity contribution is 6.07. The van der Waals surface area contributed by atoms with Crippen molar-refractivity contribution in [3.63, 3.8) is 0 Å². The Morgan fingerprint density at radius 2 is 1.65 bits per heavy atom. The van der Waals surface area contributed by atoms with Crippen LogP contribution >= 0.6 is 0 Å². The van der Waals surface area contributed by atoms with Gasteiger partial charge in [-0.2, -0.15) is 0 Å². The molecule has 0 aliphatic carbocycles. The fourth-order valence-electron chi connectivity index (χ4n) is 1.89. The van der Waals surface area contributed by atoms with Crippen molar-refractivity contribution in [3.05, 3.63) is 64.2 Å². The molecule has 3 amide bonds. The van der Waals surface area contributed by atoms with Gasteiger partial charge in [-0.3, -0.25) is 14.9 Å². The Labute approximate surface area is 131 Å². The molecule has 8 nitrogen and oxygen atoms in total. The Bertz CT molecular complexity index is 761. The lowest BCUT2D eigenvalue weighted by atomic mass is 10.1. The third-order valence-corrected chi connectivity index (χ3v) is 2.95. The third kappa shape index (κ3) is 4.03. The number of hydrogen-bond acceptors (Lipinski definition) is 4. The van der Waals surface area contributed by atoms with Crippen LogP contribution in [-0.4, -0.2) is 23.9 Å². The first-order valence-corrected chi connectivity index (χ1v) is 6.65. The predicted molar refractivity (Wildman–Crippen MR) is 85.6 cm³/mol. The number of para-hydroxylation sites is 1. The van der Waals surface area contributed by atoms with E-state index in [-0.39, 0.29) is 11.3 Å². The molecule has 3 N–H and O–H groups in total. The van der Waals surface area contributed by atoms with E-state index in [0.717, 1.165) is 0 Å². The van der Waals surface area contributed by atoms with Crippen molar-refractivity contribution in [2.45, 2.75) is 0 Å². The van der Waals surface area contributed by atoms with Crippen molar-refractivity contribution in [1.29, 1.82) is 0 Å². The molecule has 0 fully saturated rings. The van der Waals surface area contributed by atoms with Crippen molar-refractivity contribution in [2.24, 2.45) is 0 Å². The summed E-state index contributed by atoms with van der Waals surface area (Å²) >= 11 is 0. The first kappa shape index (κ1) is 16.0. The second-order valence-electron chi connectivity index (χ2n) is 4.51. The standard InChI is InChI=1S/C15H14N4O4/c1-16-15(21)18-11-6-4-5-10(9-11)17-14(20)12-7-2-3-8-13(12)19(22)23/h2-9H,1H3,(H,17,20)(H2,16,18,21). The molecule has 0 bridgehead atoms. The second-order valence-corrected chi connectivity index (χ2v) is 4.51. The van der Waals surface area contributed by atoms with E-state index in [1.165, 1.54) is 25.2 Å². The number of benzene rings is 2. The van der Waals surface area contributed by atoms with Crippen LogP contribution in [0.25, 0.3) is 0 Å². The van der Waals surface area contributed by atoms with Gasteiger partial charge in [0, 0.05) is 24.5 Å². The average Bonchev–Trinajstić information content (AvgIpc) is 2.55. The summed E-state index contributed by atoms with van der Waals surface area (Å²) in [5, 5.41) is 18.5. The Balaban J connectivity index is 2.19. The predicted octanol–water partition coefficient (Wildman–Crippen LogP) is 2.60. The van der Waals surface area contributed by atoms with E-state index in [9.17, 15) is 19.7 Å². The molecule has 0 saturated carbocycles. The number of anilines is 2. The molecule has 2 aromatic rings. The third-order valence-electron chi connectivity index (χ3n) is 2.95. The highest BCUT2D eigenvalue weighted by Gasteiger charge is 2.19. The first-order chi connectivity index (χ1) is 11.0. The maximum Gasteiger partial charge on any atom is 0.318 e. The van der Waals surface area contributed by atoms with Gasteiger partial charge in [-0.25, -0.2) is 4.79 Å². The molecule has 23 heavy (non-hydrogen) atoms. The van der Waals surface area contributed by atoms with Gasteiger partial charge >= 0.3 is 6.03 Å². The number of amides is 3. The zero-order valence-electron chi connectivity index (χ0n) is 12.2. The van der Waals surface area contributed by atoms with E-state index in [0.29, 0.717) is 11.4 Å². The number of nitrogens with one attached hydrogen (secondary N) is 3. The smallest absolute Gasteiger partial charge is 0.318 e. The van der Waals surface area contributed by atoms with Gasteiger partial charge in [0.05, 0.1) is 4.92 Å². The molecule has 0 spiro atoms. The second kappa shape index (κ2) is 7.03. The quantitative estimate of drug-likeness (QED) is 0.594. The first-order valence-electron chi connectivity index (χ1n) is 6.65. The summed E-state index contributed by atoms with van der Waals surface area (Å²) in [6.07, 6.45) is 0. The summed E-state index contributed by atoms with van der Waals surface area (Å²) in [7, 11) is 1.48. The van der Waals surface area contributed by atoms with E-state index >= 15 is 0 Å². The summed E-state index contributed by atoms with van der Waals surface area (Å²) in [4.78, 5) is 33.8. The number of urea groups is 1. The molecule has 0 unspecified atom stereocenters. The summed E-state index contributed by atoms with van der Waals surface area (Å²) in [5.74, 6) is -0.602. The lowest BCUT2D eigenvalue weighted by Gasteiger charge is -2.08. The Morgan fingerprint density at radius 3 is 2.30 bits per heavy atom. The van der Waals surface area contributed by atoms with Crippen LogP contribution in [0.4, 0.5) is 21.9 Å². The molecule has 0 atom stereocenters. The molecule has 0 aliphatic heterocycles. The van der Waals surface area contributed by atoms with Gasteiger partial charge in [-0.15, -0.1) is 0 Å². The summed E-state index contributed by atoms with van der Waals surface area (Å²) in [5.41, 5.74) is 0.568. The molecule has 0 aromatic heterocycles. The van der Waals surface area contributed by atoms with Crippen LogP contribution < -0.4 is 16.0 Å². The van der Waals surface area contributed by atoms with Crippen LogP contribution in [0.5, 0.6) is 0 Å². The largest absolute Gasteiger partial charge is 0.341 e. The molecule has 0 radical (unpaired) electrons. The molecule has 0 aliphatic rings. The number of nitro groups is 1. The van der Waals surface area contributed by atoms with Crippen molar-refractivity contribution in [1.82, 2.24) is 5.32 Å². The van der Waals surface area contributed by atoms with Crippen LogP contribution in [0.15, 0.2) is 48.5 Å². The molecule has 118 valence electrons. The van der Waals surface area contributed by atoms with Crippen LogP contribution in [0.1, 0.15) is 10.4 Å². The van der Waals surface area contributed by atoms with E-state index in [4.69, 9.17) is 0 Å². The number of carbonyl (C=O) groups excluding carboxylic acids is 2. The Kier molecular flexibility index (Phi) is 4.88. The highest BCUT2D eigenvalue weighted by Crippen LogP contribution is 2.20. The van der Waals surface area contributed by atoms with Crippen molar-refractivity contribution < 1.29 is 14.5 Å². The number of nitro benzene ring substituents is 1. The fraction of sp³-hybridized carbons (Fsp3) is 0.0667. The monoisotopic (exact) mass is 314 g/mol. The summed E-state index contributed by atoms with van der Waals surface area (Å²) < 4.78 is 0. The van der Waals surface area contributed by atoms with Crippen LogP contribution in [0, 0.1) is 10.1 Å². The van der Waals surface area contributed by atoms with Crippen LogP contribution in [-0.2, 0) is 0 Å². The molecular weight excluding hydrogens is 300 g/mol. The fourth-order valence-corrected chi connectivity index (χ4v) is 1.89. The minimum atomic E-state index is -0.613. The van der Waals surface area contributed by atoms with E-state index in [1.807, 2.05) is 0 Å². The van der Waals surface area contributed by atoms with Crippen molar-refractivity contribution in [2.75, 3.05) is 17.7 Å². The van der Waals surface area contributed by atoms with E-state index in [1.54, 1.807) is 30.3 Å². The van der Waals surface area contributed by atoms with Crippen LogP contribution in [0.2, 0.25) is 0 Å². The number of carbonyl (C=O) groups is 2. The maximum atomic E-state index is 12.2. The number of hydrogen-bond donors (Lipinski definition) is 3. The zero-order chi connectivity index (χ0) is 16.8. The summed E-state index contributed by atoms with van der Waals surface area (Å²) in [6.45, 7) is 0. The zero-order valence-corrected chi connectivity index (χ0v) is 12.2. The van der Waals surface area contributed by atoms with Crippen molar-refractivity contribution in [3.8, 4) is 0 Å². The molecule has 0 saturated heterocycles.